The van der Waals surface area contributed by atoms with Crippen molar-refractivity contribution in [3.05, 3.63) is 89.0 Å². The molecule has 184 valence electrons. The van der Waals surface area contributed by atoms with Gasteiger partial charge in [0, 0.05) is 23.9 Å². The first-order valence-electron chi connectivity index (χ1n) is 12.8. The number of aryl methyl sites for hydroxylation is 1. The molecular weight excluding hydrogens is 455 g/mol. The van der Waals surface area contributed by atoms with Crippen LogP contribution in [0.3, 0.4) is 0 Å². The molecule has 2 unspecified atom stereocenters. The molecule has 2 saturated heterocycles. The first-order chi connectivity index (χ1) is 17.5. The van der Waals surface area contributed by atoms with Crippen molar-refractivity contribution in [3.8, 4) is 11.1 Å². The van der Waals surface area contributed by atoms with Gasteiger partial charge in [0.2, 0.25) is 0 Å². The Morgan fingerprint density at radius 3 is 2.17 bits per heavy atom. The minimum atomic E-state index is -0.409. The number of amides is 1. The summed E-state index contributed by atoms with van der Waals surface area (Å²) >= 11 is 0. The van der Waals surface area contributed by atoms with Crippen LogP contribution in [0.1, 0.15) is 65.3 Å². The van der Waals surface area contributed by atoms with E-state index in [1.807, 2.05) is 29.2 Å². The molecule has 2 aliphatic heterocycles. The van der Waals surface area contributed by atoms with Gasteiger partial charge in [-0.2, -0.15) is 0 Å². The molecule has 1 amide bonds. The highest BCUT2D eigenvalue weighted by molar-refractivity contribution is 5.96. The van der Waals surface area contributed by atoms with Crippen LogP contribution in [0.4, 0.5) is 9.18 Å². The number of pyridine rings is 1. The molecule has 3 heterocycles. The van der Waals surface area contributed by atoms with Gasteiger partial charge in [-0.05, 0) is 73.4 Å². The molecule has 2 fully saturated rings. The molecule has 36 heavy (non-hydrogen) atoms. The zero-order valence-corrected chi connectivity index (χ0v) is 20.3. The van der Waals surface area contributed by atoms with Gasteiger partial charge in [0.05, 0.1) is 5.69 Å². The number of carbonyl (C=O) groups is 2. The van der Waals surface area contributed by atoms with Crippen LogP contribution in [0.2, 0.25) is 0 Å². The van der Waals surface area contributed by atoms with Crippen LogP contribution >= 0.6 is 0 Å². The van der Waals surface area contributed by atoms with Crippen molar-refractivity contribution in [1.29, 1.82) is 0 Å². The molecule has 0 saturated carbocycles. The first kappa shape index (κ1) is 22.9. The Morgan fingerprint density at radius 1 is 0.944 bits per heavy atom. The molecular formula is C30H29FN2O3. The highest BCUT2D eigenvalue weighted by Crippen LogP contribution is 2.45. The Bertz CT molecular complexity index is 1280. The van der Waals surface area contributed by atoms with Crippen molar-refractivity contribution in [2.24, 2.45) is 5.92 Å². The normalized spacial score (nSPS) is 22.6. The number of nitrogens with zero attached hydrogens (tertiary/aromatic N) is 2. The summed E-state index contributed by atoms with van der Waals surface area (Å²) < 4.78 is 19.6. The molecule has 0 radical (unpaired) electrons. The average Bonchev–Trinajstić information content (AvgIpc) is 3.21. The summed E-state index contributed by atoms with van der Waals surface area (Å²) in [5.74, 6) is -0.654. The van der Waals surface area contributed by atoms with Crippen molar-refractivity contribution in [2.75, 3.05) is 6.61 Å². The molecule has 5 nitrogen and oxygen atoms in total. The van der Waals surface area contributed by atoms with Crippen molar-refractivity contribution in [1.82, 2.24) is 9.88 Å². The van der Waals surface area contributed by atoms with Gasteiger partial charge in [-0.15, -0.1) is 0 Å². The number of halogens is 1. The van der Waals surface area contributed by atoms with E-state index in [4.69, 9.17) is 4.74 Å². The minimum absolute atomic E-state index is 0.0214. The number of rotatable bonds is 4. The van der Waals surface area contributed by atoms with Crippen molar-refractivity contribution < 1.29 is 18.7 Å². The van der Waals surface area contributed by atoms with E-state index in [1.165, 1.54) is 34.4 Å². The summed E-state index contributed by atoms with van der Waals surface area (Å²) in [5.41, 5.74) is 5.34. The fourth-order valence-electron chi connectivity index (χ4n) is 6.45. The summed E-state index contributed by atoms with van der Waals surface area (Å²) in [6.07, 6.45) is 3.67. The number of carbonyl (C=O) groups excluding carboxylic acids is 2. The molecule has 6 rings (SSSR count). The lowest BCUT2D eigenvalue weighted by Crippen LogP contribution is -2.56. The molecule has 0 N–H and O–H groups in total. The third kappa shape index (κ3) is 3.89. The summed E-state index contributed by atoms with van der Waals surface area (Å²) in [5, 5.41) is 0. The average molecular weight is 485 g/mol. The topological polar surface area (TPSA) is 59.5 Å². The van der Waals surface area contributed by atoms with E-state index in [0.29, 0.717) is 25.1 Å². The molecule has 2 bridgehead atoms. The van der Waals surface area contributed by atoms with Crippen LogP contribution in [-0.4, -0.2) is 40.5 Å². The maximum atomic E-state index is 13.6. The second-order valence-corrected chi connectivity index (χ2v) is 10.2. The maximum Gasteiger partial charge on any atom is 0.410 e. The Kier molecular flexibility index (Phi) is 5.82. The first-order valence-corrected chi connectivity index (χ1v) is 12.8. The van der Waals surface area contributed by atoms with Gasteiger partial charge in [0.25, 0.3) is 0 Å². The van der Waals surface area contributed by atoms with Crippen molar-refractivity contribution in [2.45, 2.75) is 57.0 Å². The Labute approximate surface area is 210 Å². The van der Waals surface area contributed by atoms with E-state index in [9.17, 15) is 14.0 Å². The third-order valence-electron chi connectivity index (χ3n) is 8.17. The fourth-order valence-corrected chi connectivity index (χ4v) is 6.45. The molecule has 6 heteroatoms. The van der Waals surface area contributed by atoms with Gasteiger partial charge in [0.1, 0.15) is 18.1 Å². The van der Waals surface area contributed by atoms with Crippen LogP contribution in [0.25, 0.3) is 11.1 Å². The van der Waals surface area contributed by atoms with Gasteiger partial charge >= 0.3 is 6.09 Å². The zero-order chi connectivity index (χ0) is 24.8. The number of ether oxygens (including phenoxy) is 1. The summed E-state index contributed by atoms with van der Waals surface area (Å²) in [4.78, 5) is 32.6. The lowest BCUT2D eigenvalue weighted by atomic mass is 9.76. The molecule has 3 aliphatic rings. The van der Waals surface area contributed by atoms with E-state index in [2.05, 4.69) is 29.2 Å². The molecule has 1 aromatic heterocycles. The molecule has 0 spiro atoms. The highest BCUT2D eigenvalue weighted by Gasteiger charge is 2.44. The number of hydrogen-bond acceptors (Lipinski definition) is 4. The van der Waals surface area contributed by atoms with Crippen LogP contribution < -0.4 is 0 Å². The second-order valence-electron chi connectivity index (χ2n) is 10.2. The lowest BCUT2D eigenvalue weighted by molar-refractivity contribution is 0.00640. The van der Waals surface area contributed by atoms with E-state index >= 15 is 0 Å². The smallest absolute Gasteiger partial charge is 0.410 e. The number of piperidine rings is 2. The standard InChI is InChI=1S/C30H29FN2O3/c1-18-27(31)13-14-28(32-18)29(34)19-15-20-7-6-8-21(16-19)33(20)30(35)36-17-26-24-11-4-2-9-22(24)23-10-3-5-12-25(23)26/h2-5,9-14,19-21,26H,6-8,15-17H2,1H3. The Balaban J connectivity index is 1.16. The van der Waals surface area contributed by atoms with E-state index in [-0.39, 0.29) is 41.5 Å². The number of hydrogen-bond donors (Lipinski definition) is 0. The fraction of sp³-hybridized carbons (Fsp3) is 0.367. The monoisotopic (exact) mass is 484 g/mol. The predicted octanol–water partition coefficient (Wildman–Crippen LogP) is 6.29. The zero-order valence-electron chi connectivity index (χ0n) is 20.3. The largest absolute Gasteiger partial charge is 0.448 e. The quantitative estimate of drug-likeness (QED) is 0.408. The number of aromatic nitrogens is 1. The van der Waals surface area contributed by atoms with Gasteiger partial charge in [-0.3, -0.25) is 4.79 Å². The van der Waals surface area contributed by atoms with E-state index < -0.39 is 5.82 Å². The van der Waals surface area contributed by atoms with Crippen molar-refractivity contribution in [3.63, 3.8) is 0 Å². The summed E-state index contributed by atoms with van der Waals surface area (Å²) in [7, 11) is 0. The van der Waals surface area contributed by atoms with Crippen LogP contribution in [0, 0.1) is 18.7 Å². The van der Waals surface area contributed by atoms with Gasteiger partial charge < -0.3 is 9.64 Å². The third-order valence-corrected chi connectivity index (χ3v) is 8.17. The van der Waals surface area contributed by atoms with Crippen molar-refractivity contribution >= 4 is 11.9 Å². The highest BCUT2D eigenvalue weighted by atomic mass is 19.1. The van der Waals surface area contributed by atoms with Crippen LogP contribution in [-0.2, 0) is 4.74 Å². The number of ketones is 1. The second kappa shape index (κ2) is 9.16. The minimum Gasteiger partial charge on any atom is -0.448 e. The maximum absolute atomic E-state index is 13.6. The summed E-state index contributed by atoms with van der Waals surface area (Å²) in [6.45, 7) is 1.87. The van der Waals surface area contributed by atoms with Gasteiger partial charge in [0.15, 0.2) is 5.78 Å². The SMILES string of the molecule is Cc1nc(C(=O)C2CC3CCCC(C2)N3C(=O)OCC2c3ccccc3-c3ccccc32)ccc1F. The predicted molar refractivity (Wildman–Crippen MR) is 134 cm³/mol. The number of benzene rings is 2. The number of fused-ring (bicyclic) bond motifs is 5. The van der Waals surface area contributed by atoms with Gasteiger partial charge in [-0.25, -0.2) is 14.2 Å². The summed E-state index contributed by atoms with van der Waals surface area (Å²) in [6, 6.07) is 19.4. The molecule has 1 aliphatic carbocycles. The van der Waals surface area contributed by atoms with Crippen LogP contribution in [0.5, 0.6) is 0 Å². The Morgan fingerprint density at radius 2 is 1.56 bits per heavy atom. The molecule has 2 aromatic carbocycles. The Hall–Kier alpha value is -3.54. The molecule has 3 aromatic rings. The number of Topliss-reactive ketones (excluding diaryl/α,β-unsaturated/α-hetero) is 1. The lowest BCUT2D eigenvalue weighted by Gasteiger charge is -2.47. The van der Waals surface area contributed by atoms with Crippen LogP contribution in [0.15, 0.2) is 60.7 Å². The van der Waals surface area contributed by atoms with Gasteiger partial charge in [-0.1, -0.05) is 48.5 Å². The molecule has 2 atom stereocenters. The van der Waals surface area contributed by atoms with E-state index in [1.54, 1.807) is 6.92 Å². The van der Waals surface area contributed by atoms with E-state index in [0.717, 1.165) is 19.3 Å².